The van der Waals surface area contributed by atoms with Crippen molar-refractivity contribution in [3.63, 3.8) is 0 Å². The first-order valence-corrected chi connectivity index (χ1v) is 5.98. The Balaban J connectivity index is 2.31. The van der Waals surface area contributed by atoms with E-state index >= 15 is 0 Å². The minimum atomic E-state index is -4.10. The van der Waals surface area contributed by atoms with Crippen LogP contribution < -0.4 is 11.1 Å². The highest BCUT2D eigenvalue weighted by Gasteiger charge is 2.26. The Labute approximate surface area is 105 Å². The number of alkyl halides is 3. The molecular formula is C13H19F3N2. The summed E-state index contributed by atoms with van der Waals surface area (Å²) >= 11 is 0. The van der Waals surface area contributed by atoms with Crippen LogP contribution in [0.2, 0.25) is 0 Å². The van der Waals surface area contributed by atoms with Gasteiger partial charge in [-0.3, -0.25) is 0 Å². The predicted octanol–water partition coefficient (Wildman–Crippen LogP) is 2.86. The third-order valence-corrected chi connectivity index (χ3v) is 2.85. The fourth-order valence-electron chi connectivity index (χ4n) is 1.69. The van der Waals surface area contributed by atoms with E-state index in [4.69, 9.17) is 5.73 Å². The third kappa shape index (κ3) is 5.51. The molecule has 3 N–H and O–H groups in total. The topological polar surface area (TPSA) is 38.0 Å². The maximum atomic E-state index is 11.9. The summed E-state index contributed by atoms with van der Waals surface area (Å²) in [6, 6.07) is 9.40. The highest BCUT2D eigenvalue weighted by molar-refractivity contribution is 5.19. The van der Waals surface area contributed by atoms with Crippen LogP contribution in [-0.2, 0) is 0 Å². The number of hydrogen-bond donors (Lipinski definition) is 2. The maximum absolute atomic E-state index is 11.9. The summed E-state index contributed by atoms with van der Waals surface area (Å²) in [6.07, 6.45) is -4.90. The number of hydrogen-bond acceptors (Lipinski definition) is 2. The van der Waals surface area contributed by atoms with Gasteiger partial charge in [-0.05, 0) is 18.0 Å². The zero-order valence-corrected chi connectivity index (χ0v) is 10.4. The summed E-state index contributed by atoms with van der Waals surface area (Å²) in [7, 11) is 0. The molecule has 2 unspecified atom stereocenters. The number of rotatable bonds is 6. The van der Waals surface area contributed by atoms with Crippen LogP contribution in [0.1, 0.15) is 24.9 Å². The number of nitrogens with two attached hydrogens (primary N) is 1. The smallest absolute Gasteiger partial charge is 0.324 e. The number of benzene rings is 1. The van der Waals surface area contributed by atoms with E-state index in [-0.39, 0.29) is 18.5 Å². The highest BCUT2D eigenvalue weighted by Crippen LogP contribution is 2.20. The van der Waals surface area contributed by atoms with E-state index in [9.17, 15) is 13.2 Å². The fourth-order valence-corrected chi connectivity index (χ4v) is 1.69. The zero-order valence-electron chi connectivity index (χ0n) is 10.4. The highest BCUT2D eigenvalue weighted by atomic mass is 19.4. The van der Waals surface area contributed by atoms with E-state index in [1.165, 1.54) is 0 Å². The van der Waals surface area contributed by atoms with Gasteiger partial charge in [0, 0.05) is 12.6 Å². The van der Waals surface area contributed by atoms with Crippen molar-refractivity contribution in [3.8, 4) is 0 Å². The van der Waals surface area contributed by atoms with Crippen LogP contribution in [0.25, 0.3) is 0 Å². The van der Waals surface area contributed by atoms with Crippen molar-refractivity contribution < 1.29 is 13.2 Å². The van der Waals surface area contributed by atoms with Gasteiger partial charge in [-0.2, -0.15) is 13.2 Å². The first-order valence-electron chi connectivity index (χ1n) is 5.98. The minimum absolute atomic E-state index is 0.0602. The average Bonchev–Trinajstić information content (AvgIpc) is 2.33. The average molecular weight is 260 g/mol. The van der Waals surface area contributed by atoms with Gasteiger partial charge in [0.05, 0.1) is 6.42 Å². The van der Waals surface area contributed by atoms with E-state index in [1.54, 1.807) is 0 Å². The fraction of sp³-hybridized carbons (Fsp3) is 0.538. The van der Waals surface area contributed by atoms with E-state index in [0.717, 1.165) is 5.56 Å². The first kappa shape index (κ1) is 15.0. The second-order valence-electron chi connectivity index (χ2n) is 4.48. The molecule has 0 bridgehead atoms. The molecule has 0 aromatic heterocycles. The van der Waals surface area contributed by atoms with Gasteiger partial charge >= 0.3 is 6.18 Å². The summed E-state index contributed by atoms with van der Waals surface area (Å²) < 4.78 is 35.8. The summed E-state index contributed by atoms with van der Waals surface area (Å²) in [6.45, 7) is 2.35. The molecule has 1 aromatic rings. The Morgan fingerprint density at radius 1 is 1.22 bits per heavy atom. The lowest BCUT2D eigenvalue weighted by atomic mass is 9.95. The summed E-state index contributed by atoms with van der Waals surface area (Å²) in [5.41, 5.74) is 7.05. The van der Waals surface area contributed by atoms with Gasteiger partial charge in [0.2, 0.25) is 0 Å². The van der Waals surface area contributed by atoms with Crippen molar-refractivity contribution in [1.29, 1.82) is 0 Å². The van der Waals surface area contributed by atoms with Crippen molar-refractivity contribution in [2.75, 3.05) is 13.1 Å². The molecule has 2 atom stereocenters. The van der Waals surface area contributed by atoms with Crippen molar-refractivity contribution in [3.05, 3.63) is 35.9 Å². The van der Waals surface area contributed by atoms with Gasteiger partial charge in [-0.1, -0.05) is 37.3 Å². The molecule has 0 radical (unpaired) electrons. The van der Waals surface area contributed by atoms with E-state index < -0.39 is 12.6 Å². The van der Waals surface area contributed by atoms with Crippen LogP contribution in [-0.4, -0.2) is 19.3 Å². The van der Waals surface area contributed by atoms with E-state index in [1.807, 2.05) is 37.3 Å². The molecule has 18 heavy (non-hydrogen) atoms. The Morgan fingerprint density at radius 2 is 1.83 bits per heavy atom. The molecular weight excluding hydrogens is 241 g/mol. The van der Waals surface area contributed by atoms with Gasteiger partial charge < -0.3 is 11.1 Å². The second-order valence-corrected chi connectivity index (χ2v) is 4.48. The molecule has 0 aliphatic rings. The predicted molar refractivity (Wildman–Crippen MR) is 66.1 cm³/mol. The molecule has 0 amide bonds. The molecule has 1 rings (SSSR count). The van der Waals surface area contributed by atoms with Crippen LogP contribution in [0.15, 0.2) is 30.3 Å². The van der Waals surface area contributed by atoms with E-state index in [2.05, 4.69) is 5.32 Å². The number of nitrogens with one attached hydrogen (secondary N) is 1. The van der Waals surface area contributed by atoms with Crippen LogP contribution in [0.5, 0.6) is 0 Å². The first-order chi connectivity index (χ1) is 8.40. The largest absolute Gasteiger partial charge is 0.390 e. The van der Waals surface area contributed by atoms with E-state index in [0.29, 0.717) is 6.54 Å². The molecule has 0 saturated carbocycles. The second kappa shape index (κ2) is 6.75. The molecule has 2 nitrogen and oxygen atoms in total. The quantitative estimate of drug-likeness (QED) is 0.772. The molecule has 5 heteroatoms. The van der Waals surface area contributed by atoms with Gasteiger partial charge in [-0.25, -0.2) is 0 Å². The number of halogens is 3. The SMILES string of the molecule is CC(CNCCC(F)(F)F)C(N)c1ccccc1. The third-order valence-electron chi connectivity index (χ3n) is 2.85. The normalized spacial score (nSPS) is 15.4. The zero-order chi connectivity index (χ0) is 13.6. The van der Waals surface area contributed by atoms with Gasteiger partial charge in [-0.15, -0.1) is 0 Å². The van der Waals surface area contributed by atoms with Gasteiger partial charge in [0.25, 0.3) is 0 Å². The molecule has 1 aromatic carbocycles. The van der Waals surface area contributed by atoms with Crippen molar-refractivity contribution in [2.45, 2.75) is 25.6 Å². The molecule has 0 aliphatic carbocycles. The summed E-state index contributed by atoms with van der Waals surface area (Å²) in [5, 5.41) is 2.79. The molecule has 0 heterocycles. The minimum Gasteiger partial charge on any atom is -0.324 e. The Kier molecular flexibility index (Phi) is 5.62. The molecule has 0 spiro atoms. The molecule has 0 aliphatic heterocycles. The molecule has 0 fully saturated rings. The Hall–Kier alpha value is -1.07. The standard InChI is InChI=1S/C13H19F3N2/c1-10(9-18-8-7-13(14,15)16)12(17)11-5-3-2-4-6-11/h2-6,10,12,18H,7-9,17H2,1H3. The van der Waals surface area contributed by atoms with Crippen molar-refractivity contribution in [2.24, 2.45) is 11.7 Å². The lowest BCUT2D eigenvalue weighted by Gasteiger charge is -2.21. The molecule has 102 valence electrons. The van der Waals surface area contributed by atoms with Gasteiger partial charge in [0.1, 0.15) is 0 Å². The Morgan fingerprint density at radius 3 is 2.39 bits per heavy atom. The Bertz CT molecular complexity index is 338. The molecule has 0 saturated heterocycles. The lowest BCUT2D eigenvalue weighted by molar-refractivity contribution is -0.133. The maximum Gasteiger partial charge on any atom is 0.390 e. The lowest BCUT2D eigenvalue weighted by Crippen LogP contribution is -2.31. The van der Waals surface area contributed by atoms with Crippen LogP contribution in [0.3, 0.4) is 0 Å². The summed E-state index contributed by atoms with van der Waals surface area (Å²) in [5.74, 6) is 0.0839. The van der Waals surface area contributed by atoms with Crippen molar-refractivity contribution in [1.82, 2.24) is 5.32 Å². The van der Waals surface area contributed by atoms with Crippen molar-refractivity contribution >= 4 is 0 Å². The van der Waals surface area contributed by atoms with Gasteiger partial charge in [0.15, 0.2) is 0 Å². The van der Waals surface area contributed by atoms with Crippen LogP contribution >= 0.6 is 0 Å². The summed E-state index contributed by atoms with van der Waals surface area (Å²) in [4.78, 5) is 0. The van der Waals surface area contributed by atoms with Crippen LogP contribution in [0, 0.1) is 5.92 Å². The monoisotopic (exact) mass is 260 g/mol. The van der Waals surface area contributed by atoms with Crippen LogP contribution in [0.4, 0.5) is 13.2 Å².